The normalized spacial score (nSPS) is 18.9. The highest BCUT2D eigenvalue weighted by Gasteiger charge is 2.34. The lowest BCUT2D eigenvalue weighted by Crippen LogP contribution is -2.51. The molecule has 0 N–H and O–H groups in total. The molecule has 0 radical (unpaired) electrons. The maximum Gasteiger partial charge on any atom is 0.416 e. The highest BCUT2D eigenvalue weighted by molar-refractivity contribution is 5.59. The van der Waals surface area contributed by atoms with E-state index in [1.165, 1.54) is 18.9 Å². The Morgan fingerprint density at radius 2 is 1.73 bits per heavy atom. The Hall–Kier alpha value is -2.35. The average Bonchev–Trinajstić information content (AvgIpc) is 3.01. The van der Waals surface area contributed by atoms with E-state index in [-0.39, 0.29) is 5.56 Å². The molecule has 2 aliphatic rings. The van der Waals surface area contributed by atoms with E-state index in [1.807, 2.05) is 0 Å². The molecule has 1 aromatic carbocycles. The number of benzene rings is 1. The van der Waals surface area contributed by atoms with Gasteiger partial charge in [0.25, 0.3) is 5.56 Å². The molecule has 162 valence electrons. The van der Waals surface area contributed by atoms with Crippen LogP contribution < -0.4 is 10.5 Å². The molecule has 8 heteroatoms. The Morgan fingerprint density at radius 3 is 2.40 bits per heavy atom. The van der Waals surface area contributed by atoms with Gasteiger partial charge in [-0.25, -0.2) is 4.98 Å². The van der Waals surface area contributed by atoms with Gasteiger partial charge in [0.05, 0.1) is 18.9 Å². The summed E-state index contributed by atoms with van der Waals surface area (Å²) in [5, 5.41) is 0. The van der Waals surface area contributed by atoms with Gasteiger partial charge < -0.3 is 0 Å². The van der Waals surface area contributed by atoms with Crippen molar-refractivity contribution in [2.45, 2.75) is 71.3 Å². The quantitative estimate of drug-likeness (QED) is 0.644. The van der Waals surface area contributed by atoms with Crippen LogP contribution >= 0.6 is 0 Å². The number of hydrogen-bond acceptors (Lipinski definition) is 4. The Labute approximate surface area is 174 Å². The minimum atomic E-state index is -4.43. The van der Waals surface area contributed by atoms with Crippen molar-refractivity contribution < 1.29 is 13.2 Å². The monoisotopic (exact) mass is 420 g/mol. The summed E-state index contributed by atoms with van der Waals surface area (Å²) in [4.78, 5) is 21.6. The summed E-state index contributed by atoms with van der Waals surface area (Å²) in [6, 6.07) is 5.58. The second-order valence-electron chi connectivity index (χ2n) is 8.35. The number of fused-ring (bicyclic) bond motifs is 1. The molecule has 30 heavy (non-hydrogen) atoms. The van der Waals surface area contributed by atoms with Crippen molar-refractivity contribution in [1.82, 2.24) is 14.5 Å². The average molecular weight is 420 g/mol. The molecule has 1 saturated carbocycles. The van der Waals surface area contributed by atoms with Gasteiger partial charge in [0.2, 0.25) is 5.95 Å². The van der Waals surface area contributed by atoms with E-state index in [1.54, 1.807) is 29.4 Å². The zero-order chi connectivity index (χ0) is 21.5. The number of aromatic nitrogens is 2. The smallest absolute Gasteiger partial charge is 0.298 e. The first kappa shape index (κ1) is 20.9. The van der Waals surface area contributed by atoms with E-state index in [0.29, 0.717) is 42.3 Å². The van der Waals surface area contributed by atoms with Gasteiger partial charge in [-0.05, 0) is 44.9 Å². The molecule has 1 aromatic heterocycles. The van der Waals surface area contributed by atoms with Crippen LogP contribution in [0.3, 0.4) is 0 Å². The van der Waals surface area contributed by atoms with Gasteiger partial charge in [-0.15, -0.1) is 0 Å². The second kappa shape index (κ2) is 8.06. The first-order valence-electron chi connectivity index (χ1n) is 10.5. The number of aryl methyl sites for hydroxylation is 1. The lowest BCUT2D eigenvalue weighted by Gasteiger charge is -2.42. The summed E-state index contributed by atoms with van der Waals surface area (Å²) in [7, 11) is 0. The van der Waals surface area contributed by atoms with Crippen LogP contribution in [0.25, 0.3) is 0 Å². The SMILES string of the molecule is Cc1nc2n(c(=O)c1C)CN(C1CCCCCC1)CN2c1cccc(C(F)(F)F)c1. The molecule has 0 atom stereocenters. The fourth-order valence-electron chi connectivity index (χ4n) is 4.45. The topological polar surface area (TPSA) is 41.4 Å². The third-order valence-electron chi connectivity index (χ3n) is 6.33. The molecule has 1 aliphatic heterocycles. The number of rotatable bonds is 2. The summed E-state index contributed by atoms with van der Waals surface area (Å²) in [6.07, 6.45) is 2.34. The van der Waals surface area contributed by atoms with E-state index in [9.17, 15) is 18.0 Å². The molecule has 2 aromatic rings. The van der Waals surface area contributed by atoms with Crippen molar-refractivity contribution in [3.05, 3.63) is 51.4 Å². The molecule has 0 unspecified atom stereocenters. The van der Waals surface area contributed by atoms with Gasteiger partial charge >= 0.3 is 6.18 Å². The van der Waals surface area contributed by atoms with Crippen LogP contribution in [0.1, 0.15) is 55.3 Å². The number of anilines is 2. The lowest BCUT2D eigenvalue weighted by molar-refractivity contribution is -0.137. The molecule has 0 amide bonds. The third-order valence-corrected chi connectivity index (χ3v) is 6.33. The molecule has 4 rings (SSSR count). The lowest BCUT2D eigenvalue weighted by atomic mass is 10.1. The van der Waals surface area contributed by atoms with Crippen LogP contribution in [0.5, 0.6) is 0 Å². The molecule has 1 aliphatic carbocycles. The summed E-state index contributed by atoms with van der Waals surface area (Å²) < 4.78 is 41.6. The Bertz CT molecular complexity index is 977. The van der Waals surface area contributed by atoms with Crippen molar-refractivity contribution in [2.75, 3.05) is 11.6 Å². The van der Waals surface area contributed by atoms with E-state index >= 15 is 0 Å². The minimum Gasteiger partial charge on any atom is -0.298 e. The van der Waals surface area contributed by atoms with Crippen LogP contribution in [-0.4, -0.2) is 27.2 Å². The maximum absolute atomic E-state index is 13.3. The summed E-state index contributed by atoms with van der Waals surface area (Å²) in [5.41, 5.74) is 0.737. The fraction of sp³-hybridized carbons (Fsp3) is 0.545. The van der Waals surface area contributed by atoms with Gasteiger partial charge in [0.1, 0.15) is 0 Å². The summed E-state index contributed by atoms with van der Waals surface area (Å²) in [6.45, 7) is 4.35. The van der Waals surface area contributed by atoms with Crippen molar-refractivity contribution in [3.8, 4) is 0 Å². The Kier molecular flexibility index (Phi) is 5.61. The summed E-state index contributed by atoms with van der Waals surface area (Å²) >= 11 is 0. The number of halogens is 3. The van der Waals surface area contributed by atoms with Crippen molar-refractivity contribution in [2.24, 2.45) is 0 Å². The molecular formula is C22H27F3N4O. The van der Waals surface area contributed by atoms with Gasteiger partial charge in [0, 0.05) is 23.0 Å². The van der Waals surface area contributed by atoms with Gasteiger partial charge in [-0.1, -0.05) is 31.7 Å². The predicted octanol–water partition coefficient (Wildman–Crippen LogP) is 4.97. The van der Waals surface area contributed by atoms with Crippen LogP contribution in [-0.2, 0) is 12.8 Å². The molecule has 2 heterocycles. The fourth-order valence-corrected chi connectivity index (χ4v) is 4.45. The van der Waals surface area contributed by atoms with E-state index < -0.39 is 11.7 Å². The largest absolute Gasteiger partial charge is 0.416 e. The third kappa shape index (κ3) is 3.97. The minimum absolute atomic E-state index is 0.132. The zero-order valence-electron chi connectivity index (χ0n) is 17.4. The summed E-state index contributed by atoms with van der Waals surface area (Å²) in [5.74, 6) is 0.410. The van der Waals surface area contributed by atoms with Gasteiger partial charge in [0.15, 0.2) is 0 Å². The highest BCUT2D eigenvalue weighted by Crippen LogP contribution is 2.35. The molecule has 5 nitrogen and oxygen atoms in total. The number of alkyl halides is 3. The van der Waals surface area contributed by atoms with Crippen molar-refractivity contribution >= 4 is 11.6 Å². The first-order chi connectivity index (χ1) is 14.3. The van der Waals surface area contributed by atoms with E-state index in [0.717, 1.165) is 37.8 Å². The van der Waals surface area contributed by atoms with E-state index in [4.69, 9.17) is 0 Å². The van der Waals surface area contributed by atoms with Crippen LogP contribution in [0.2, 0.25) is 0 Å². The molecule has 0 bridgehead atoms. The maximum atomic E-state index is 13.3. The van der Waals surface area contributed by atoms with Crippen LogP contribution in [0, 0.1) is 13.8 Å². The molecule has 0 saturated heterocycles. The van der Waals surface area contributed by atoms with Gasteiger partial charge in [-0.2, -0.15) is 13.2 Å². The van der Waals surface area contributed by atoms with Crippen molar-refractivity contribution in [1.29, 1.82) is 0 Å². The zero-order valence-corrected chi connectivity index (χ0v) is 17.4. The van der Waals surface area contributed by atoms with Crippen LogP contribution in [0.4, 0.5) is 24.8 Å². The number of hydrogen-bond donors (Lipinski definition) is 0. The van der Waals surface area contributed by atoms with Crippen molar-refractivity contribution in [3.63, 3.8) is 0 Å². The second-order valence-corrected chi connectivity index (χ2v) is 8.35. The standard InChI is InChI=1S/C22H27F3N4O/c1-15-16(2)26-21-28(19-11-7-8-17(12-19)22(23,24)25)13-27(14-29(21)20(15)30)18-9-5-3-4-6-10-18/h7-8,11-12,18H,3-6,9-10,13-14H2,1-2H3. The first-order valence-corrected chi connectivity index (χ1v) is 10.5. The predicted molar refractivity (Wildman–Crippen MR) is 110 cm³/mol. The molecule has 0 spiro atoms. The molecular weight excluding hydrogens is 393 g/mol. The highest BCUT2D eigenvalue weighted by atomic mass is 19.4. The van der Waals surface area contributed by atoms with Gasteiger partial charge in [-0.3, -0.25) is 19.2 Å². The molecule has 1 fully saturated rings. The Balaban J connectivity index is 1.80. The Morgan fingerprint density at radius 1 is 1.03 bits per heavy atom. The number of nitrogens with zero attached hydrogens (tertiary/aromatic N) is 4. The van der Waals surface area contributed by atoms with E-state index in [2.05, 4.69) is 9.88 Å². The van der Waals surface area contributed by atoms with Crippen LogP contribution in [0.15, 0.2) is 29.1 Å².